The van der Waals surface area contributed by atoms with Crippen molar-refractivity contribution in [1.29, 1.82) is 0 Å². The van der Waals surface area contributed by atoms with Gasteiger partial charge in [-0.2, -0.15) is 12.6 Å². The van der Waals surface area contributed by atoms with Crippen molar-refractivity contribution in [2.45, 2.75) is 57.8 Å². The van der Waals surface area contributed by atoms with Gasteiger partial charge in [-0.3, -0.25) is 19.2 Å². The molecule has 9 nitrogen and oxygen atoms in total. The predicted molar refractivity (Wildman–Crippen MR) is 98.8 cm³/mol. The largest absolute Gasteiger partial charge is 0.480 e. The van der Waals surface area contributed by atoms with Crippen LogP contribution in [0.3, 0.4) is 0 Å². The average Bonchev–Trinajstić information content (AvgIpc) is 3.11. The van der Waals surface area contributed by atoms with Crippen molar-refractivity contribution in [3.8, 4) is 0 Å². The van der Waals surface area contributed by atoms with Crippen molar-refractivity contribution in [1.82, 2.24) is 21.3 Å². The van der Waals surface area contributed by atoms with Crippen LogP contribution in [-0.2, 0) is 19.2 Å². The van der Waals surface area contributed by atoms with Crippen molar-refractivity contribution in [2.24, 2.45) is 5.92 Å². The Kier molecular flexibility index (Phi) is 8.86. The molecule has 4 unspecified atom stereocenters. The van der Waals surface area contributed by atoms with Gasteiger partial charge in [0.15, 0.2) is 0 Å². The zero-order chi connectivity index (χ0) is 19.9. The van der Waals surface area contributed by atoms with Gasteiger partial charge >= 0.3 is 5.97 Å². The molecule has 148 valence electrons. The van der Waals surface area contributed by atoms with E-state index in [1.807, 2.05) is 0 Å². The van der Waals surface area contributed by atoms with Crippen molar-refractivity contribution < 1.29 is 24.3 Å². The molecule has 3 amide bonds. The fourth-order valence-electron chi connectivity index (χ4n) is 2.53. The molecule has 0 bridgehead atoms. The van der Waals surface area contributed by atoms with Gasteiger partial charge in [0, 0.05) is 5.75 Å². The molecule has 4 atom stereocenters. The number of hydrogen-bond donors (Lipinski definition) is 6. The smallest absolute Gasteiger partial charge is 0.325 e. The lowest BCUT2D eigenvalue weighted by atomic mass is 10.0. The van der Waals surface area contributed by atoms with Gasteiger partial charge in [-0.1, -0.05) is 13.8 Å². The van der Waals surface area contributed by atoms with Crippen molar-refractivity contribution in [2.75, 3.05) is 12.3 Å². The summed E-state index contributed by atoms with van der Waals surface area (Å²) in [7, 11) is 0. The van der Waals surface area contributed by atoms with E-state index in [2.05, 4.69) is 33.9 Å². The van der Waals surface area contributed by atoms with Crippen molar-refractivity contribution >= 4 is 36.3 Å². The van der Waals surface area contributed by atoms with E-state index in [0.29, 0.717) is 6.42 Å². The van der Waals surface area contributed by atoms with Crippen LogP contribution in [0.25, 0.3) is 0 Å². The third-order valence-electron chi connectivity index (χ3n) is 4.17. The number of carboxylic acid groups (broad SMARTS) is 1. The van der Waals surface area contributed by atoms with Crippen LogP contribution in [0.4, 0.5) is 0 Å². The molecule has 1 rings (SSSR count). The zero-order valence-electron chi connectivity index (χ0n) is 15.2. The van der Waals surface area contributed by atoms with Gasteiger partial charge in [-0.15, -0.1) is 0 Å². The maximum atomic E-state index is 12.6. The number of aliphatic carboxylic acids is 1. The quantitative estimate of drug-likeness (QED) is 0.277. The molecule has 1 aliphatic heterocycles. The molecule has 1 aliphatic rings. The van der Waals surface area contributed by atoms with Crippen LogP contribution in [-0.4, -0.2) is 65.3 Å². The minimum absolute atomic E-state index is 0.00709. The minimum atomic E-state index is -1.18. The lowest BCUT2D eigenvalue weighted by Crippen LogP contribution is -2.58. The van der Waals surface area contributed by atoms with Crippen molar-refractivity contribution in [3.05, 3.63) is 0 Å². The van der Waals surface area contributed by atoms with E-state index in [1.165, 1.54) is 6.92 Å². The monoisotopic (exact) mass is 388 g/mol. The summed E-state index contributed by atoms with van der Waals surface area (Å²) in [6.45, 7) is 5.66. The standard InChI is InChI=1S/C16H28N4O5S/c1-8(2)12(20-13(21)10-5-4-6-17-10)15(23)19-11(7-26)14(22)18-9(3)16(24)25/h8-12,17,26H,4-7H2,1-3H3,(H,18,22)(H,19,23)(H,20,21)(H,24,25). The first-order valence-corrected chi connectivity index (χ1v) is 9.28. The summed E-state index contributed by atoms with van der Waals surface area (Å²) in [4.78, 5) is 47.8. The highest BCUT2D eigenvalue weighted by molar-refractivity contribution is 7.80. The number of hydrogen-bond acceptors (Lipinski definition) is 6. The SMILES string of the molecule is CC(NC(=O)C(CS)NC(=O)C(NC(=O)C1CCCN1)C(C)C)C(=O)O. The number of carboxylic acids is 1. The highest BCUT2D eigenvalue weighted by atomic mass is 32.1. The van der Waals surface area contributed by atoms with Crippen LogP contribution in [0, 0.1) is 5.92 Å². The fourth-order valence-corrected chi connectivity index (χ4v) is 2.79. The van der Waals surface area contributed by atoms with Gasteiger partial charge in [0.25, 0.3) is 0 Å². The summed E-state index contributed by atoms with van der Waals surface area (Å²) in [5.41, 5.74) is 0. The first kappa shape index (κ1) is 22.2. The summed E-state index contributed by atoms with van der Waals surface area (Å²) in [6.07, 6.45) is 1.62. The Morgan fingerprint density at radius 1 is 1.12 bits per heavy atom. The fraction of sp³-hybridized carbons (Fsp3) is 0.750. The Morgan fingerprint density at radius 3 is 2.23 bits per heavy atom. The van der Waals surface area contributed by atoms with Crippen LogP contribution in [0.15, 0.2) is 0 Å². The lowest BCUT2D eigenvalue weighted by Gasteiger charge is -2.26. The molecule has 10 heteroatoms. The second-order valence-corrected chi connectivity index (χ2v) is 7.06. The van der Waals surface area contributed by atoms with Gasteiger partial charge in [0.1, 0.15) is 18.1 Å². The van der Waals surface area contributed by atoms with E-state index in [9.17, 15) is 19.2 Å². The summed E-state index contributed by atoms with van der Waals surface area (Å²) < 4.78 is 0. The molecule has 26 heavy (non-hydrogen) atoms. The first-order chi connectivity index (χ1) is 12.2. The van der Waals surface area contributed by atoms with E-state index in [-0.39, 0.29) is 23.6 Å². The molecule has 0 aromatic carbocycles. The number of carbonyl (C=O) groups is 4. The van der Waals surface area contributed by atoms with Gasteiger partial charge in [0.2, 0.25) is 17.7 Å². The van der Waals surface area contributed by atoms with Gasteiger partial charge in [-0.25, -0.2) is 0 Å². The van der Waals surface area contributed by atoms with Crippen LogP contribution in [0.1, 0.15) is 33.6 Å². The topological polar surface area (TPSA) is 137 Å². The first-order valence-electron chi connectivity index (χ1n) is 8.65. The van der Waals surface area contributed by atoms with Gasteiger partial charge in [-0.05, 0) is 32.2 Å². The normalized spacial score (nSPS) is 20.1. The van der Waals surface area contributed by atoms with E-state index >= 15 is 0 Å². The third kappa shape index (κ3) is 6.49. The zero-order valence-corrected chi connectivity index (χ0v) is 16.1. The number of carbonyl (C=O) groups excluding carboxylic acids is 3. The molecular formula is C16H28N4O5S. The van der Waals surface area contributed by atoms with E-state index in [4.69, 9.17) is 5.11 Å². The molecule has 0 spiro atoms. The molecule has 1 fully saturated rings. The predicted octanol–water partition coefficient (Wildman–Crippen LogP) is -1.12. The summed E-state index contributed by atoms with van der Waals surface area (Å²) in [5, 5.41) is 19.5. The Bertz CT molecular complexity index is 537. The number of nitrogens with one attached hydrogen (secondary N) is 4. The Labute approximate surface area is 158 Å². The number of thiol groups is 1. The Hall–Kier alpha value is -1.81. The highest BCUT2D eigenvalue weighted by Gasteiger charge is 2.31. The molecule has 5 N–H and O–H groups in total. The molecule has 0 aliphatic carbocycles. The summed E-state index contributed by atoms with van der Waals surface area (Å²) >= 11 is 4.04. The van der Waals surface area contributed by atoms with Crippen molar-refractivity contribution in [3.63, 3.8) is 0 Å². The summed E-state index contributed by atoms with van der Waals surface area (Å²) in [5.74, 6) is -2.78. The minimum Gasteiger partial charge on any atom is -0.480 e. The summed E-state index contributed by atoms with van der Waals surface area (Å²) in [6, 6.07) is -3.22. The van der Waals surface area contributed by atoms with E-state index in [0.717, 1.165) is 13.0 Å². The lowest BCUT2D eigenvalue weighted by molar-refractivity contribution is -0.141. The van der Waals surface area contributed by atoms with E-state index in [1.54, 1.807) is 13.8 Å². The molecule has 1 saturated heterocycles. The van der Waals surface area contributed by atoms with Gasteiger partial charge in [0.05, 0.1) is 6.04 Å². The van der Waals surface area contributed by atoms with Crippen LogP contribution < -0.4 is 21.3 Å². The highest BCUT2D eigenvalue weighted by Crippen LogP contribution is 2.08. The second-order valence-electron chi connectivity index (χ2n) is 6.69. The van der Waals surface area contributed by atoms with Crippen LogP contribution in [0.5, 0.6) is 0 Å². The number of amides is 3. The van der Waals surface area contributed by atoms with Crippen LogP contribution in [0.2, 0.25) is 0 Å². The molecule has 1 heterocycles. The Balaban J connectivity index is 2.69. The molecule has 0 aromatic rings. The van der Waals surface area contributed by atoms with Gasteiger partial charge < -0.3 is 26.4 Å². The third-order valence-corrected chi connectivity index (χ3v) is 4.53. The molecular weight excluding hydrogens is 360 g/mol. The second kappa shape index (κ2) is 10.4. The van der Waals surface area contributed by atoms with E-state index < -0.39 is 35.9 Å². The maximum absolute atomic E-state index is 12.6. The molecule has 0 aromatic heterocycles. The number of rotatable bonds is 9. The van der Waals surface area contributed by atoms with Crippen LogP contribution >= 0.6 is 12.6 Å². The Morgan fingerprint density at radius 2 is 1.77 bits per heavy atom. The molecule has 0 saturated carbocycles. The average molecular weight is 388 g/mol. The maximum Gasteiger partial charge on any atom is 0.325 e. The molecule has 0 radical (unpaired) electrons.